The summed E-state index contributed by atoms with van der Waals surface area (Å²) in [7, 11) is -3.30. The molecule has 112 valence electrons. The average molecular weight is 301 g/mol. The van der Waals surface area contributed by atoms with Gasteiger partial charge in [-0.05, 0) is 45.0 Å². The second kappa shape index (κ2) is 6.00. The number of carbonyl (C=O) groups is 1. The molecule has 0 heterocycles. The van der Waals surface area contributed by atoms with Crippen LogP contribution in [0.25, 0.3) is 0 Å². The Balaban J connectivity index is 2.52. The molecule has 1 rings (SSSR count). The van der Waals surface area contributed by atoms with E-state index in [0.717, 1.165) is 6.26 Å². The molecule has 1 aromatic carbocycles. The number of hydrazine groups is 1. The van der Waals surface area contributed by atoms with Crippen molar-refractivity contribution in [2.24, 2.45) is 0 Å². The van der Waals surface area contributed by atoms with E-state index >= 15 is 0 Å². The van der Waals surface area contributed by atoms with E-state index in [1.807, 2.05) is 0 Å². The molecule has 1 aromatic rings. The van der Waals surface area contributed by atoms with Crippen LogP contribution in [-0.4, -0.2) is 26.4 Å². The van der Waals surface area contributed by atoms with E-state index in [0.29, 0.717) is 11.4 Å². The Labute approximate surface area is 118 Å². The first-order chi connectivity index (χ1) is 9.05. The van der Waals surface area contributed by atoms with Crippen molar-refractivity contribution >= 4 is 27.5 Å². The van der Waals surface area contributed by atoms with E-state index in [9.17, 15) is 13.2 Å². The molecule has 0 atom stereocenters. The first-order valence-corrected chi connectivity index (χ1v) is 7.77. The highest BCUT2D eigenvalue weighted by atomic mass is 32.2. The van der Waals surface area contributed by atoms with Gasteiger partial charge in [0.05, 0.1) is 11.9 Å². The second-order valence-corrected chi connectivity index (χ2v) is 6.95. The molecule has 20 heavy (non-hydrogen) atoms. The molecule has 8 heteroatoms. The number of sulfonamides is 1. The summed E-state index contributed by atoms with van der Waals surface area (Å²) in [4.78, 5) is 11.4. The Kier molecular flexibility index (Phi) is 4.83. The van der Waals surface area contributed by atoms with Crippen molar-refractivity contribution in [3.63, 3.8) is 0 Å². The van der Waals surface area contributed by atoms with Crippen molar-refractivity contribution in [3.8, 4) is 0 Å². The summed E-state index contributed by atoms with van der Waals surface area (Å²) < 4.78 is 29.4. The fourth-order valence-electron chi connectivity index (χ4n) is 1.26. The van der Waals surface area contributed by atoms with Crippen LogP contribution in [0.3, 0.4) is 0 Å². The zero-order valence-corrected chi connectivity index (χ0v) is 12.7. The summed E-state index contributed by atoms with van der Waals surface area (Å²) in [6.45, 7) is 5.29. The van der Waals surface area contributed by atoms with E-state index < -0.39 is 21.7 Å². The van der Waals surface area contributed by atoms with Gasteiger partial charge in [-0.2, -0.15) is 0 Å². The molecule has 0 aliphatic carbocycles. The van der Waals surface area contributed by atoms with Crippen LogP contribution in [0.15, 0.2) is 24.3 Å². The topological polar surface area (TPSA) is 96.5 Å². The molecule has 0 aliphatic rings. The van der Waals surface area contributed by atoms with Gasteiger partial charge < -0.3 is 4.74 Å². The second-order valence-electron chi connectivity index (χ2n) is 5.20. The van der Waals surface area contributed by atoms with Gasteiger partial charge in [-0.15, -0.1) is 0 Å². The number of anilines is 2. The summed E-state index contributed by atoms with van der Waals surface area (Å²) in [5.41, 5.74) is 5.49. The quantitative estimate of drug-likeness (QED) is 0.738. The van der Waals surface area contributed by atoms with Gasteiger partial charge in [0.1, 0.15) is 5.60 Å². The van der Waals surface area contributed by atoms with Crippen molar-refractivity contribution in [3.05, 3.63) is 24.3 Å². The number of ether oxygens (including phenoxy) is 1. The first-order valence-electron chi connectivity index (χ1n) is 5.88. The van der Waals surface area contributed by atoms with Gasteiger partial charge in [-0.3, -0.25) is 10.1 Å². The van der Waals surface area contributed by atoms with Gasteiger partial charge in [0.2, 0.25) is 10.0 Å². The Morgan fingerprint density at radius 3 is 2.05 bits per heavy atom. The summed E-state index contributed by atoms with van der Waals surface area (Å²) in [6.07, 6.45) is 0.472. The predicted molar refractivity (Wildman–Crippen MR) is 77.9 cm³/mol. The largest absolute Gasteiger partial charge is 0.443 e. The minimum atomic E-state index is -3.30. The number of benzene rings is 1. The number of rotatable bonds is 4. The predicted octanol–water partition coefficient (Wildman–Crippen LogP) is 1.91. The Bertz CT molecular complexity index is 561. The SMILES string of the molecule is CC(C)(C)OC(=O)NNc1ccc(NS(C)(=O)=O)cc1. The summed E-state index contributed by atoms with van der Waals surface area (Å²) in [5, 5.41) is 0. The molecule has 0 spiro atoms. The van der Waals surface area contributed by atoms with E-state index in [1.165, 1.54) is 0 Å². The van der Waals surface area contributed by atoms with Crippen molar-refractivity contribution in [1.29, 1.82) is 0 Å². The number of hydrogen-bond acceptors (Lipinski definition) is 5. The first kappa shape index (κ1) is 16.1. The van der Waals surface area contributed by atoms with Crippen LogP contribution >= 0.6 is 0 Å². The third-order valence-electron chi connectivity index (χ3n) is 1.90. The Morgan fingerprint density at radius 2 is 1.60 bits per heavy atom. The third-order valence-corrected chi connectivity index (χ3v) is 2.50. The Morgan fingerprint density at radius 1 is 1.10 bits per heavy atom. The summed E-state index contributed by atoms with van der Waals surface area (Å²) in [5.74, 6) is 0. The van der Waals surface area contributed by atoms with Gasteiger partial charge in [0, 0.05) is 5.69 Å². The lowest BCUT2D eigenvalue weighted by Gasteiger charge is -2.20. The lowest BCUT2D eigenvalue weighted by Crippen LogP contribution is -2.35. The maximum atomic E-state index is 11.4. The number of carbonyl (C=O) groups excluding carboxylic acids is 1. The monoisotopic (exact) mass is 301 g/mol. The standard InChI is InChI=1S/C12H19N3O4S/c1-12(2,3)19-11(16)14-13-9-5-7-10(8-6-9)15-20(4,17)18/h5-8,13,15H,1-4H3,(H,14,16). The van der Waals surface area contributed by atoms with Crippen LogP contribution in [0.1, 0.15) is 20.8 Å². The minimum absolute atomic E-state index is 0.440. The average Bonchev–Trinajstić information content (AvgIpc) is 2.23. The molecule has 0 saturated carbocycles. The number of amides is 1. The Hall–Kier alpha value is -1.96. The van der Waals surface area contributed by atoms with E-state index in [4.69, 9.17) is 4.74 Å². The minimum Gasteiger partial charge on any atom is -0.443 e. The molecule has 0 saturated heterocycles. The molecule has 7 nitrogen and oxygen atoms in total. The number of nitrogens with one attached hydrogen (secondary N) is 3. The fraction of sp³-hybridized carbons (Fsp3) is 0.417. The highest BCUT2D eigenvalue weighted by molar-refractivity contribution is 7.92. The molecule has 0 radical (unpaired) electrons. The van der Waals surface area contributed by atoms with Crippen molar-refractivity contribution < 1.29 is 17.9 Å². The number of hydrogen-bond donors (Lipinski definition) is 3. The van der Waals surface area contributed by atoms with E-state index in [2.05, 4.69) is 15.6 Å². The molecule has 3 N–H and O–H groups in total. The zero-order valence-electron chi connectivity index (χ0n) is 11.9. The molecule has 0 aliphatic heterocycles. The molecule has 0 aromatic heterocycles. The van der Waals surface area contributed by atoms with Crippen LogP contribution in [0.2, 0.25) is 0 Å². The van der Waals surface area contributed by atoms with Crippen molar-refractivity contribution in [2.75, 3.05) is 16.4 Å². The van der Waals surface area contributed by atoms with Gasteiger partial charge in [0.25, 0.3) is 0 Å². The van der Waals surface area contributed by atoms with Gasteiger partial charge in [0.15, 0.2) is 0 Å². The van der Waals surface area contributed by atoms with Crippen molar-refractivity contribution in [2.45, 2.75) is 26.4 Å². The van der Waals surface area contributed by atoms with Gasteiger partial charge in [-0.25, -0.2) is 18.6 Å². The summed E-state index contributed by atoms with van der Waals surface area (Å²) in [6, 6.07) is 6.37. The van der Waals surface area contributed by atoms with Crippen LogP contribution < -0.4 is 15.6 Å². The van der Waals surface area contributed by atoms with Crippen LogP contribution in [-0.2, 0) is 14.8 Å². The zero-order chi connectivity index (χ0) is 15.4. The van der Waals surface area contributed by atoms with Crippen LogP contribution in [0, 0.1) is 0 Å². The van der Waals surface area contributed by atoms with Crippen molar-refractivity contribution in [1.82, 2.24) is 5.43 Å². The van der Waals surface area contributed by atoms with Crippen LogP contribution in [0.4, 0.5) is 16.2 Å². The lowest BCUT2D eigenvalue weighted by atomic mass is 10.2. The smallest absolute Gasteiger partial charge is 0.426 e. The maximum Gasteiger partial charge on any atom is 0.426 e. The highest BCUT2D eigenvalue weighted by Gasteiger charge is 2.15. The normalized spacial score (nSPS) is 11.6. The lowest BCUT2D eigenvalue weighted by molar-refractivity contribution is 0.0541. The molecule has 1 amide bonds. The van der Waals surface area contributed by atoms with Gasteiger partial charge in [-0.1, -0.05) is 0 Å². The van der Waals surface area contributed by atoms with E-state index in [1.54, 1.807) is 45.0 Å². The molecule has 0 fully saturated rings. The fourth-order valence-corrected chi connectivity index (χ4v) is 1.83. The molecular weight excluding hydrogens is 282 g/mol. The van der Waals surface area contributed by atoms with E-state index in [-0.39, 0.29) is 0 Å². The highest BCUT2D eigenvalue weighted by Crippen LogP contribution is 2.14. The third kappa shape index (κ3) is 6.83. The molecule has 0 bridgehead atoms. The molecule has 0 unspecified atom stereocenters. The van der Waals surface area contributed by atoms with Crippen LogP contribution in [0.5, 0.6) is 0 Å². The van der Waals surface area contributed by atoms with Gasteiger partial charge >= 0.3 is 6.09 Å². The molecular formula is C12H19N3O4S. The maximum absolute atomic E-state index is 11.4. The summed E-state index contributed by atoms with van der Waals surface area (Å²) >= 11 is 0.